The zero-order chi connectivity index (χ0) is 22.1. The van der Waals surface area contributed by atoms with Crippen LogP contribution in [0.3, 0.4) is 0 Å². The fourth-order valence-electron chi connectivity index (χ4n) is 2.96. The van der Waals surface area contributed by atoms with Gasteiger partial charge in [-0.15, -0.1) is 4.72 Å². The lowest BCUT2D eigenvalue weighted by Gasteiger charge is -2.39. The highest BCUT2D eigenvalue weighted by Gasteiger charge is 2.51. The SMILES string of the molecule is CC(C)(C)[S@@+]([O-])N[C@@](CF)(C[S@]1(=O)=NCCC[C@]1(C)C#N)c1nc(Br)ccc1F. The van der Waals surface area contributed by atoms with E-state index in [0.717, 1.165) is 6.07 Å². The van der Waals surface area contributed by atoms with E-state index in [1.165, 1.54) is 13.0 Å². The van der Waals surface area contributed by atoms with Crippen molar-refractivity contribution < 1.29 is 17.5 Å². The molecule has 29 heavy (non-hydrogen) atoms. The number of rotatable bonds is 6. The number of nitrogens with one attached hydrogen (secondary N) is 1. The molecular weight excluding hydrogens is 486 g/mol. The molecule has 0 fully saturated rings. The number of hydrogen-bond acceptors (Lipinski definition) is 6. The van der Waals surface area contributed by atoms with Crippen molar-refractivity contribution in [2.75, 3.05) is 19.0 Å². The maximum absolute atomic E-state index is 14.8. The number of hydrogen-bond donors (Lipinski definition) is 1. The molecule has 6 nitrogen and oxygen atoms in total. The Labute approximate surface area is 182 Å². The molecule has 2 rings (SSSR count). The van der Waals surface area contributed by atoms with Gasteiger partial charge in [-0.1, -0.05) is 0 Å². The standard InChI is InChI=1S/C18H25BrF2N4O2S2/c1-16(2,3)28(26)25-18(10-20,15-13(21)6-7-14(19)24-15)12-29(27)17(4,11-22)8-5-9-23-29/h6-7,25H,5,8-10,12H2,1-4H3/t17-,18+,28-,29-/m1/s1. The third-order valence-corrected chi connectivity index (χ3v) is 10.1. The van der Waals surface area contributed by atoms with Crippen molar-refractivity contribution in [2.24, 2.45) is 4.36 Å². The molecule has 0 aliphatic carbocycles. The van der Waals surface area contributed by atoms with E-state index >= 15 is 0 Å². The largest absolute Gasteiger partial charge is 0.598 e. The fraction of sp³-hybridized carbons (Fsp3) is 0.667. The summed E-state index contributed by atoms with van der Waals surface area (Å²) in [6.07, 6.45) is 0.902. The van der Waals surface area contributed by atoms with Crippen LogP contribution in [0.15, 0.2) is 21.1 Å². The lowest BCUT2D eigenvalue weighted by molar-refractivity contribution is 0.292. The second kappa shape index (κ2) is 8.75. The summed E-state index contributed by atoms with van der Waals surface area (Å²) in [7, 11) is -3.31. The summed E-state index contributed by atoms with van der Waals surface area (Å²) >= 11 is 1.31. The first kappa shape index (κ1) is 24.5. The van der Waals surface area contributed by atoms with Crippen LogP contribution in [0.2, 0.25) is 0 Å². The lowest BCUT2D eigenvalue weighted by atomic mass is 9.99. The molecule has 11 heteroatoms. The number of alkyl halides is 1. The van der Waals surface area contributed by atoms with Gasteiger partial charge in [0.05, 0.1) is 21.6 Å². The molecule has 0 aromatic carbocycles. The summed E-state index contributed by atoms with van der Waals surface area (Å²) in [5.41, 5.74) is -2.34. The summed E-state index contributed by atoms with van der Waals surface area (Å²) < 4.78 is 61.1. The Kier molecular flexibility index (Phi) is 7.38. The number of nitriles is 1. The Morgan fingerprint density at radius 3 is 2.69 bits per heavy atom. The molecule has 0 amide bonds. The molecule has 1 aromatic rings. The van der Waals surface area contributed by atoms with E-state index in [-0.39, 0.29) is 16.8 Å². The molecule has 162 valence electrons. The molecule has 1 aliphatic heterocycles. The highest BCUT2D eigenvalue weighted by atomic mass is 79.9. The molecular formula is C18H25BrF2N4O2S2. The molecule has 1 N–H and O–H groups in total. The maximum Gasteiger partial charge on any atom is 0.149 e. The second-order valence-electron chi connectivity index (χ2n) is 8.25. The summed E-state index contributed by atoms with van der Waals surface area (Å²) in [6, 6.07) is 4.52. The van der Waals surface area contributed by atoms with Gasteiger partial charge in [-0.25, -0.2) is 22.3 Å². The molecule has 0 bridgehead atoms. The van der Waals surface area contributed by atoms with E-state index < -0.39 is 54.4 Å². The van der Waals surface area contributed by atoms with Gasteiger partial charge in [0.2, 0.25) is 0 Å². The maximum atomic E-state index is 14.8. The van der Waals surface area contributed by atoms with Crippen molar-refractivity contribution >= 4 is 37.0 Å². The van der Waals surface area contributed by atoms with Gasteiger partial charge in [-0.2, -0.15) is 5.26 Å². The average Bonchev–Trinajstić information content (AvgIpc) is 2.65. The molecule has 1 aliphatic rings. The molecule has 0 saturated carbocycles. The fourth-order valence-corrected chi connectivity index (χ4v) is 6.92. The van der Waals surface area contributed by atoms with Gasteiger partial charge in [0.25, 0.3) is 0 Å². The minimum atomic E-state index is -3.31. The predicted molar refractivity (Wildman–Crippen MR) is 114 cm³/mol. The average molecular weight is 511 g/mol. The van der Waals surface area contributed by atoms with Gasteiger partial charge in [-0.05, 0) is 68.6 Å². The van der Waals surface area contributed by atoms with Crippen molar-refractivity contribution in [1.29, 1.82) is 5.26 Å². The van der Waals surface area contributed by atoms with Crippen LogP contribution in [0.4, 0.5) is 8.78 Å². The van der Waals surface area contributed by atoms with E-state index in [1.807, 2.05) is 0 Å². The quantitative estimate of drug-likeness (QED) is 0.463. The van der Waals surface area contributed by atoms with Crippen LogP contribution in [0.1, 0.15) is 46.2 Å². The molecule has 4 atom stereocenters. The van der Waals surface area contributed by atoms with Crippen molar-refractivity contribution in [2.45, 2.75) is 55.6 Å². The third-order valence-electron chi connectivity index (χ3n) is 4.83. The lowest BCUT2D eigenvalue weighted by Crippen LogP contribution is -2.58. The highest BCUT2D eigenvalue weighted by Crippen LogP contribution is 2.37. The van der Waals surface area contributed by atoms with Gasteiger partial charge in [0.15, 0.2) is 0 Å². The first-order chi connectivity index (χ1) is 13.3. The Hall–Kier alpha value is -0.800. The highest BCUT2D eigenvalue weighted by molar-refractivity contribution is 9.10. The van der Waals surface area contributed by atoms with Crippen molar-refractivity contribution in [3.8, 4) is 6.07 Å². The zero-order valence-electron chi connectivity index (χ0n) is 16.8. The molecule has 0 saturated heterocycles. The van der Waals surface area contributed by atoms with E-state index in [1.54, 1.807) is 20.8 Å². The van der Waals surface area contributed by atoms with Gasteiger partial charge in [-0.3, -0.25) is 0 Å². The first-order valence-corrected chi connectivity index (χ1v) is 12.6. The van der Waals surface area contributed by atoms with Gasteiger partial charge >= 0.3 is 0 Å². The van der Waals surface area contributed by atoms with Crippen LogP contribution >= 0.6 is 15.9 Å². The third kappa shape index (κ3) is 4.93. The Morgan fingerprint density at radius 2 is 2.14 bits per heavy atom. The molecule has 0 unspecified atom stereocenters. The van der Waals surface area contributed by atoms with Crippen molar-refractivity contribution in [3.63, 3.8) is 0 Å². The Morgan fingerprint density at radius 1 is 1.48 bits per heavy atom. The van der Waals surface area contributed by atoms with E-state index in [0.29, 0.717) is 12.8 Å². The van der Waals surface area contributed by atoms with Crippen LogP contribution in [0.25, 0.3) is 0 Å². The molecule has 0 spiro atoms. The van der Waals surface area contributed by atoms with Crippen LogP contribution in [-0.2, 0) is 26.6 Å². The van der Waals surface area contributed by atoms with Gasteiger partial charge < -0.3 is 4.55 Å². The topological polar surface area (TPSA) is 101 Å². The monoisotopic (exact) mass is 510 g/mol. The Balaban J connectivity index is 2.70. The van der Waals surface area contributed by atoms with Crippen LogP contribution < -0.4 is 4.72 Å². The number of halogens is 3. The number of pyridine rings is 1. The molecule has 1 aromatic heterocycles. The smallest absolute Gasteiger partial charge is 0.149 e. The second-order valence-corrected chi connectivity index (χ2v) is 13.8. The first-order valence-electron chi connectivity index (χ1n) is 9.02. The zero-order valence-corrected chi connectivity index (χ0v) is 20.0. The van der Waals surface area contributed by atoms with Crippen molar-refractivity contribution in [1.82, 2.24) is 9.71 Å². The van der Waals surface area contributed by atoms with E-state index in [4.69, 9.17) is 0 Å². The minimum absolute atomic E-state index is 0.244. The molecule has 0 radical (unpaired) electrons. The van der Waals surface area contributed by atoms with Crippen LogP contribution in [0, 0.1) is 17.1 Å². The van der Waals surface area contributed by atoms with E-state index in [2.05, 4.69) is 36.1 Å². The summed E-state index contributed by atoms with van der Waals surface area (Å²) in [6.45, 7) is 5.57. The summed E-state index contributed by atoms with van der Waals surface area (Å²) in [5, 5.41) is 9.68. The van der Waals surface area contributed by atoms with Crippen molar-refractivity contribution in [3.05, 3.63) is 28.2 Å². The number of nitrogens with zero attached hydrogens (tertiary/aromatic N) is 3. The van der Waals surface area contributed by atoms with Crippen LogP contribution in [-0.4, -0.2) is 42.2 Å². The normalized spacial score (nSPS) is 28.1. The molecule has 2 heterocycles. The summed E-state index contributed by atoms with van der Waals surface area (Å²) in [5.74, 6) is -1.36. The van der Waals surface area contributed by atoms with Gasteiger partial charge in [0, 0.05) is 17.9 Å². The van der Waals surface area contributed by atoms with Crippen LogP contribution in [0.5, 0.6) is 0 Å². The Bertz CT molecular complexity index is 927. The van der Waals surface area contributed by atoms with E-state index in [9.17, 15) is 22.8 Å². The minimum Gasteiger partial charge on any atom is -0.598 e. The predicted octanol–water partition coefficient (Wildman–Crippen LogP) is 3.74. The van der Waals surface area contributed by atoms with Gasteiger partial charge in [0.1, 0.15) is 37.8 Å². The summed E-state index contributed by atoms with van der Waals surface area (Å²) in [4.78, 5) is 4.08. The number of aromatic nitrogens is 1.